The molecule has 1 atom stereocenters. The van der Waals surface area contributed by atoms with E-state index < -0.39 is 0 Å². The van der Waals surface area contributed by atoms with Crippen LogP contribution in [0.25, 0.3) is 10.8 Å². The molecule has 1 heterocycles. The molecule has 5 nitrogen and oxygen atoms in total. The van der Waals surface area contributed by atoms with E-state index in [9.17, 15) is 4.79 Å². The molecule has 0 aliphatic carbocycles. The van der Waals surface area contributed by atoms with Crippen molar-refractivity contribution in [2.45, 2.75) is 25.9 Å². The maximum absolute atomic E-state index is 12.9. The first-order valence-electron chi connectivity index (χ1n) is 10.9. The predicted molar refractivity (Wildman–Crippen MR) is 125 cm³/mol. The topological polar surface area (TPSA) is 59.4 Å². The number of fused-ring (bicyclic) bond motifs is 1. The van der Waals surface area contributed by atoms with Crippen LogP contribution < -0.4 is 5.32 Å². The van der Waals surface area contributed by atoms with Crippen LogP contribution in [0, 0.1) is 11.3 Å². The van der Waals surface area contributed by atoms with E-state index in [-0.39, 0.29) is 11.9 Å². The van der Waals surface area contributed by atoms with Crippen molar-refractivity contribution < 1.29 is 4.79 Å². The first kappa shape index (κ1) is 21.0. The second-order valence-electron chi connectivity index (χ2n) is 8.20. The standard InChI is InChI=1S/C26H28N4O/c1-20(26(31)28-25-12-11-23-5-2-3-6-24(23)17-25)30-14-4-13-29(15-16-30)19-22-9-7-21(18-27)8-10-22/h2-3,5-12,17,20H,4,13-16,19H2,1H3,(H,28,31)/t20-/m0/s1. The fourth-order valence-electron chi connectivity index (χ4n) is 4.16. The number of anilines is 1. The van der Waals surface area contributed by atoms with Gasteiger partial charge in [-0.15, -0.1) is 0 Å². The number of hydrogen-bond donors (Lipinski definition) is 1. The molecule has 3 aromatic carbocycles. The van der Waals surface area contributed by atoms with Crippen molar-refractivity contribution in [1.29, 1.82) is 5.26 Å². The molecule has 31 heavy (non-hydrogen) atoms. The van der Waals surface area contributed by atoms with E-state index in [0.29, 0.717) is 5.56 Å². The molecule has 0 spiro atoms. The highest BCUT2D eigenvalue weighted by Crippen LogP contribution is 2.20. The lowest BCUT2D eigenvalue weighted by Gasteiger charge is -2.27. The number of amides is 1. The molecule has 1 aliphatic heterocycles. The Morgan fingerprint density at radius 1 is 1.00 bits per heavy atom. The fourth-order valence-corrected chi connectivity index (χ4v) is 4.16. The third-order valence-corrected chi connectivity index (χ3v) is 6.06. The molecule has 158 valence electrons. The van der Waals surface area contributed by atoms with E-state index in [1.165, 1.54) is 10.9 Å². The zero-order valence-corrected chi connectivity index (χ0v) is 17.9. The predicted octanol–water partition coefficient (Wildman–Crippen LogP) is 4.25. The van der Waals surface area contributed by atoms with Crippen LogP contribution in [0.5, 0.6) is 0 Å². The highest BCUT2D eigenvalue weighted by molar-refractivity contribution is 5.97. The molecule has 0 bridgehead atoms. The Labute approximate surface area is 183 Å². The van der Waals surface area contributed by atoms with Gasteiger partial charge in [-0.2, -0.15) is 5.26 Å². The maximum Gasteiger partial charge on any atom is 0.241 e. The normalized spacial score (nSPS) is 16.4. The smallest absolute Gasteiger partial charge is 0.241 e. The lowest BCUT2D eigenvalue weighted by Crippen LogP contribution is -2.43. The molecular formula is C26H28N4O. The van der Waals surface area contributed by atoms with Gasteiger partial charge in [0.1, 0.15) is 0 Å². The Morgan fingerprint density at radius 2 is 1.77 bits per heavy atom. The molecule has 5 heteroatoms. The van der Waals surface area contributed by atoms with Crippen LogP contribution in [0.1, 0.15) is 24.5 Å². The van der Waals surface area contributed by atoms with E-state index in [2.05, 4.69) is 33.3 Å². The Kier molecular flexibility index (Phi) is 6.61. The van der Waals surface area contributed by atoms with Crippen LogP contribution in [0.2, 0.25) is 0 Å². The highest BCUT2D eigenvalue weighted by atomic mass is 16.2. The summed E-state index contributed by atoms with van der Waals surface area (Å²) in [6.45, 7) is 6.58. The number of carbonyl (C=O) groups is 1. The lowest BCUT2D eigenvalue weighted by atomic mass is 10.1. The SMILES string of the molecule is C[C@@H](C(=O)Nc1ccc2ccccc2c1)N1CCCN(Cc2ccc(C#N)cc2)CC1. The molecule has 0 unspecified atom stereocenters. The summed E-state index contributed by atoms with van der Waals surface area (Å²) >= 11 is 0. The molecule has 3 aromatic rings. The molecule has 1 N–H and O–H groups in total. The highest BCUT2D eigenvalue weighted by Gasteiger charge is 2.24. The number of nitriles is 1. The minimum Gasteiger partial charge on any atom is -0.325 e. The number of rotatable bonds is 5. The van der Waals surface area contributed by atoms with Gasteiger partial charge in [-0.1, -0.05) is 42.5 Å². The van der Waals surface area contributed by atoms with Gasteiger partial charge in [0.05, 0.1) is 17.7 Å². The largest absolute Gasteiger partial charge is 0.325 e. The summed E-state index contributed by atoms with van der Waals surface area (Å²) in [7, 11) is 0. The fraction of sp³-hybridized carbons (Fsp3) is 0.308. The van der Waals surface area contributed by atoms with Crippen molar-refractivity contribution in [3.05, 3.63) is 77.9 Å². The molecule has 0 saturated carbocycles. The average Bonchev–Trinajstić information content (AvgIpc) is 3.04. The number of nitrogens with zero attached hydrogens (tertiary/aromatic N) is 3. The summed E-state index contributed by atoms with van der Waals surface area (Å²) in [6.07, 6.45) is 1.03. The van der Waals surface area contributed by atoms with Crippen LogP contribution in [0.15, 0.2) is 66.7 Å². The second kappa shape index (κ2) is 9.74. The van der Waals surface area contributed by atoms with Crippen molar-refractivity contribution in [2.75, 3.05) is 31.5 Å². The van der Waals surface area contributed by atoms with Crippen molar-refractivity contribution in [3.63, 3.8) is 0 Å². The first-order chi connectivity index (χ1) is 15.1. The van der Waals surface area contributed by atoms with Crippen LogP contribution >= 0.6 is 0 Å². The minimum absolute atomic E-state index is 0.0378. The number of hydrogen-bond acceptors (Lipinski definition) is 4. The van der Waals surface area contributed by atoms with Gasteiger partial charge >= 0.3 is 0 Å². The van der Waals surface area contributed by atoms with Crippen molar-refractivity contribution >= 4 is 22.4 Å². The molecule has 1 aliphatic rings. The summed E-state index contributed by atoms with van der Waals surface area (Å²) in [6, 6.07) is 24.0. The molecule has 0 radical (unpaired) electrons. The van der Waals surface area contributed by atoms with Gasteiger partial charge in [-0.3, -0.25) is 14.6 Å². The average molecular weight is 413 g/mol. The van der Waals surface area contributed by atoms with Crippen molar-refractivity contribution in [2.24, 2.45) is 0 Å². The van der Waals surface area contributed by atoms with Gasteiger partial charge in [0, 0.05) is 31.9 Å². The quantitative estimate of drug-likeness (QED) is 0.681. The van der Waals surface area contributed by atoms with Gasteiger partial charge in [0.15, 0.2) is 0 Å². The van der Waals surface area contributed by atoms with E-state index in [1.807, 2.05) is 61.5 Å². The Bertz CT molecular complexity index is 1090. The number of carbonyl (C=O) groups excluding carboxylic acids is 1. The van der Waals surface area contributed by atoms with E-state index in [4.69, 9.17) is 5.26 Å². The molecule has 0 aromatic heterocycles. The second-order valence-corrected chi connectivity index (χ2v) is 8.20. The Hall–Kier alpha value is -3.20. The van der Waals surface area contributed by atoms with Gasteiger partial charge in [0.2, 0.25) is 5.91 Å². The summed E-state index contributed by atoms with van der Waals surface area (Å²) in [5.41, 5.74) is 2.75. The van der Waals surface area contributed by atoms with Gasteiger partial charge in [0.25, 0.3) is 0 Å². The number of nitrogens with one attached hydrogen (secondary N) is 1. The van der Waals surface area contributed by atoms with Gasteiger partial charge < -0.3 is 5.32 Å². The summed E-state index contributed by atoms with van der Waals surface area (Å²) in [5, 5.41) is 14.3. The zero-order chi connectivity index (χ0) is 21.6. The molecular weight excluding hydrogens is 384 g/mol. The molecule has 1 amide bonds. The third-order valence-electron chi connectivity index (χ3n) is 6.06. The van der Waals surface area contributed by atoms with E-state index >= 15 is 0 Å². The van der Waals surface area contributed by atoms with E-state index in [0.717, 1.165) is 50.2 Å². The summed E-state index contributed by atoms with van der Waals surface area (Å²) < 4.78 is 0. The Balaban J connectivity index is 1.33. The van der Waals surface area contributed by atoms with Crippen molar-refractivity contribution in [3.8, 4) is 6.07 Å². The third kappa shape index (κ3) is 5.29. The maximum atomic E-state index is 12.9. The zero-order valence-electron chi connectivity index (χ0n) is 17.9. The lowest BCUT2D eigenvalue weighted by molar-refractivity contribution is -0.120. The van der Waals surface area contributed by atoms with Gasteiger partial charge in [-0.05, 0) is 60.5 Å². The number of benzene rings is 3. The van der Waals surface area contributed by atoms with Crippen molar-refractivity contribution in [1.82, 2.24) is 9.80 Å². The monoisotopic (exact) mass is 412 g/mol. The summed E-state index contributed by atoms with van der Waals surface area (Å²) in [5.74, 6) is 0.0378. The Morgan fingerprint density at radius 3 is 2.55 bits per heavy atom. The van der Waals surface area contributed by atoms with Gasteiger partial charge in [-0.25, -0.2) is 0 Å². The van der Waals surface area contributed by atoms with Crippen LogP contribution in [-0.2, 0) is 11.3 Å². The minimum atomic E-state index is -0.179. The van der Waals surface area contributed by atoms with Crippen LogP contribution in [0.4, 0.5) is 5.69 Å². The van der Waals surface area contributed by atoms with E-state index in [1.54, 1.807) is 0 Å². The summed E-state index contributed by atoms with van der Waals surface area (Å²) in [4.78, 5) is 17.6. The molecule has 4 rings (SSSR count). The first-order valence-corrected chi connectivity index (χ1v) is 10.9. The van der Waals surface area contributed by atoms with Crippen LogP contribution in [-0.4, -0.2) is 47.9 Å². The molecule has 1 fully saturated rings. The van der Waals surface area contributed by atoms with Crippen LogP contribution in [0.3, 0.4) is 0 Å². The molecule has 1 saturated heterocycles.